The van der Waals surface area contributed by atoms with Gasteiger partial charge in [-0.05, 0) is 37.5 Å². The van der Waals surface area contributed by atoms with Crippen LogP contribution in [0.15, 0.2) is 30.5 Å². The van der Waals surface area contributed by atoms with Crippen LogP contribution in [0.1, 0.15) is 26.2 Å². The number of carbonyl (C=O) groups excluding carboxylic acids is 2. The molecule has 2 atom stereocenters. The van der Waals surface area contributed by atoms with Crippen molar-refractivity contribution >= 4 is 35.5 Å². The molecule has 1 saturated heterocycles. The van der Waals surface area contributed by atoms with Gasteiger partial charge in [-0.15, -0.1) is 0 Å². The number of rotatable bonds is 7. The van der Waals surface area contributed by atoms with E-state index in [4.69, 9.17) is 0 Å². The lowest BCUT2D eigenvalue weighted by atomic mass is 10.2. The van der Waals surface area contributed by atoms with Crippen molar-refractivity contribution in [2.75, 3.05) is 41.7 Å². The Hall–Kier alpha value is -3.43. The Kier molecular flexibility index (Phi) is 6.67. The van der Waals surface area contributed by atoms with Crippen LogP contribution in [0.5, 0.6) is 0 Å². The highest BCUT2D eigenvalue weighted by Crippen LogP contribution is 2.26. The molecule has 2 fully saturated rings. The summed E-state index contributed by atoms with van der Waals surface area (Å²) < 4.78 is 14.3. The monoisotopic (exact) mass is 441 g/mol. The van der Waals surface area contributed by atoms with E-state index in [0.29, 0.717) is 19.5 Å². The number of anilines is 4. The van der Waals surface area contributed by atoms with Gasteiger partial charge in [-0.25, -0.2) is 9.37 Å². The Morgan fingerprint density at radius 3 is 2.72 bits per heavy atom. The summed E-state index contributed by atoms with van der Waals surface area (Å²) in [4.78, 5) is 34.8. The van der Waals surface area contributed by atoms with Gasteiger partial charge >= 0.3 is 0 Å². The van der Waals surface area contributed by atoms with Crippen molar-refractivity contribution in [3.05, 3.63) is 36.3 Å². The minimum absolute atomic E-state index is 0.0431. The zero-order chi connectivity index (χ0) is 22.5. The van der Waals surface area contributed by atoms with Gasteiger partial charge in [0, 0.05) is 56.6 Å². The lowest BCUT2D eigenvalue weighted by Crippen LogP contribution is -2.48. The first-order valence-electron chi connectivity index (χ1n) is 10.9. The van der Waals surface area contributed by atoms with Gasteiger partial charge in [0.2, 0.25) is 18.3 Å². The van der Waals surface area contributed by atoms with Crippen LogP contribution in [0.25, 0.3) is 0 Å². The van der Waals surface area contributed by atoms with Crippen molar-refractivity contribution in [1.82, 2.24) is 20.2 Å². The summed E-state index contributed by atoms with van der Waals surface area (Å²) in [6, 6.07) is 7.73. The predicted octanol–water partition coefficient (Wildman–Crippen LogP) is 2.11. The van der Waals surface area contributed by atoms with Gasteiger partial charge < -0.3 is 25.8 Å². The summed E-state index contributed by atoms with van der Waals surface area (Å²) in [5, 5.41) is 9.05. The van der Waals surface area contributed by atoms with Gasteiger partial charge in [-0.2, -0.15) is 4.98 Å². The maximum atomic E-state index is 14.3. The molecule has 2 amide bonds. The standard InChI is InChI=1S/C22H28FN7O2/c1-15(32)29-8-10-30(11-9-29)17-5-2-4-16(12-17)26-22-24-13-18(23)21(28-22)27-20-7-3-6-19(20)25-14-31/h2,4-5,12-14,19-20H,3,6-11H2,1H3,(H,25,31)(H2,24,26,27,28). The maximum Gasteiger partial charge on any atom is 0.229 e. The third kappa shape index (κ3) is 5.06. The second-order valence-electron chi connectivity index (χ2n) is 8.13. The van der Waals surface area contributed by atoms with Gasteiger partial charge in [0.05, 0.1) is 6.20 Å². The molecule has 1 saturated carbocycles. The van der Waals surface area contributed by atoms with Crippen LogP contribution >= 0.6 is 0 Å². The number of hydrogen-bond acceptors (Lipinski definition) is 7. The Morgan fingerprint density at radius 1 is 1.19 bits per heavy atom. The van der Waals surface area contributed by atoms with E-state index in [9.17, 15) is 14.0 Å². The fourth-order valence-electron chi connectivity index (χ4n) is 4.31. The van der Waals surface area contributed by atoms with E-state index in [2.05, 4.69) is 30.8 Å². The predicted molar refractivity (Wildman–Crippen MR) is 120 cm³/mol. The molecule has 9 nitrogen and oxygen atoms in total. The first-order valence-corrected chi connectivity index (χ1v) is 10.9. The number of nitrogens with zero attached hydrogens (tertiary/aromatic N) is 4. The van der Waals surface area contributed by atoms with Crippen molar-refractivity contribution in [1.29, 1.82) is 0 Å². The smallest absolute Gasteiger partial charge is 0.229 e. The summed E-state index contributed by atoms with van der Waals surface area (Å²) in [5.74, 6) is -0.0397. The van der Waals surface area contributed by atoms with Crippen molar-refractivity contribution < 1.29 is 14.0 Å². The van der Waals surface area contributed by atoms with Crippen molar-refractivity contribution in [2.24, 2.45) is 0 Å². The van der Waals surface area contributed by atoms with Crippen molar-refractivity contribution in [3.63, 3.8) is 0 Å². The normalized spacial score (nSPS) is 20.7. The van der Waals surface area contributed by atoms with E-state index in [1.54, 1.807) is 6.92 Å². The summed E-state index contributed by atoms with van der Waals surface area (Å²) in [6.07, 6.45) is 4.45. The first kappa shape index (κ1) is 21.8. The number of aromatic nitrogens is 2. The van der Waals surface area contributed by atoms with Crippen molar-refractivity contribution in [3.8, 4) is 0 Å². The molecule has 1 aromatic carbocycles. The molecule has 0 radical (unpaired) electrons. The molecule has 1 aliphatic heterocycles. The molecule has 170 valence electrons. The molecule has 2 aromatic rings. The molecular formula is C22H28FN7O2. The number of piperazine rings is 1. The number of hydrogen-bond donors (Lipinski definition) is 3. The van der Waals surface area contributed by atoms with Gasteiger partial charge in [0.15, 0.2) is 11.6 Å². The molecule has 0 bridgehead atoms. The Labute approximate surface area is 186 Å². The van der Waals surface area contributed by atoms with E-state index in [0.717, 1.165) is 49.9 Å². The second-order valence-corrected chi connectivity index (χ2v) is 8.13. The highest BCUT2D eigenvalue weighted by molar-refractivity contribution is 5.73. The summed E-state index contributed by atoms with van der Waals surface area (Å²) >= 11 is 0. The number of amides is 2. The van der Waals surface area contributed by atoms with Crippen LogP contribution in [-0.2, 0) is 9.59 Å². The maximum absolute atomic E-state index is 14.3. The molecule has 3 N–H and O–H groups in total. The molecular weight excluding hydrogens is 413 g/mol. The topological polar surface area (TPSA) is 102 Å². The molecule has 2 unspecified atom stereocenters. The average molecular weight is 442 g/mol. The Bertz CT molecular complexity index is 965. The van der Waals surface area contributed by atoms with Gasteiger partial charge in [-0.3, -0.25) is 9.59 Å². The van der Waals surface area contributed by atoms with Crippen LogP contribution in [-0.4, -0.2) is 65.4 Å². The van der Waals surface area contributed by atoms with E-state index >= 15 is 0 Å². The van der Waals surface area contributed by atoms with E-state index in [1.165, 1.54) is 0 Å². The average Bonchev–Trinajstić information content (AvgIpc) is 3.23. The lowest BCUT2D eigenvalue weighted by molar-refractivity contribution is -0.129. The fraction of sp³-hybridized carbons (Fsp3) is 0.455. The van der Waals surface area contributed by atoms with Crippen LogP contribution in [0, 0.1) is 5.82 Å². The largest absolute Gasteiger partial charge is 0.368 e. The molecule has 32 heavy (non-hydrogen) atoms. The van der Waals surface area contributed by atoms with Crippen LogP contribution in [0.4, 0.5) is 27.5 Å². The summed E-state index contributed by atoms with van der Waals surface area (Å²) in [7, 11) is 0. The Morgan fingerprint density at radius 2 is 1.97 bits per heavy atom. The molecule has 0 spiro atoms. The molecule has 1 aromatic heterocycles. The fourth-order valence-corrected chi connectivity index (χ4v) is 4.31. The third-order valence-electron chi connectivity index (χ3n) is 6.06. The number of halogens is 1. The zero-order valence-electron chi connectivity index (χ0n) is 18.1. The van der Waals surface area contributed by atoms with Gasteiger partial charge in [0.25, 0.3) is 0 Å². The van der Waals surface area contributed by atoms with Gasteiger partial charge in [-0.1, -0.05) is 6.07 Å². The van der Waals surface area contributed by atoms with E-state index < -0.39 is 5.82 Å². The molecule has 4 rings (SSSR count). The second kappa shape index (κ2) is 9.80. The number of nitrogens with one attached hydrogen (secondary N) is 3. The molecule has 2 aliphatic rings. The minimum Gasteiger partial charge on any atom is -0.368 e. The van der Waals surface area contributed by atoms with E-state index in [1.807, 2.05) is 29.2 Å². The first-order chi connectivity index (χ1) is 15.5. The SMILES string of the molecule is CC(=O)N1CCN(c2cccc(Nc3ncc(F)c(NC4CCCC4NC=O)n3)c2)CC1. The molecule has 10 heteroatoms. The number of carbonyl (C=O) groups is 2. The molecule has 1 aliphatic carbocycles. The highest BCUT2D eigenvalue weighted by atomic mass is 19.1. The molecule has 2 heterocycles. The Balaban J connectivity index is 1.43. The summed E-state index contributed by atoms with van der Waals surface area (Å²) in [5.41, 5.74) is 1.82. The van der Waals surface area contributed by atoms with Crippen LogP contribution in [0.3, 0.4) is 0 Å². The highest BCUT2D eigenvalue weighted by Gasteiger charge is 2.28. The lowest BCUT2D eigenvalue weighted by Gasteiger charge is -2.35. The summed E-state index contributed by atoms with van der Waals surface area (Å²) in [6.45, 7) is 4.52. The van der Waals surface area contributed by atoms with Crippen LogP contribution in [0.2, 0.25) is 0 Å². The minimum atomic E-state index is -0.538. The number of benzene rings is 1. The third-order valence-corrected chi connectivity index (χ3v) is 6.06. The van der Waals surface area contributed by atoms with E-state index in [-0.39, 0.29) is 29.8 Å². The van der Waals surface area contributed by atoms with Crippen LogP contribution < -0.4 is 20.9 Å². The zero-order valence-corrected chi connectivity index (χ0v) is 18.1. The quantitative estimate of drug-likeness (QED) is 0.566. The van der Waals surface area contributed by atoms with Crippen molar-refractivity contribution in [2.45, 2.75) is 38.3 Å². The van der Waals surface area contributed by atoms with Gasteiger partial charge in [0.1, 0.15) is 0 Å².